The molecule has 1 aromatic carbocycles. The maximum Gasteiger partial charge on any atom is 0.123 e. The predicted octanol–water partition coefficient (Wildman–Crippen LogP) is 1.17. The van der Waals surface area contributed by atoms with E-state index in [0.717, 1.165) is 17.1 Å². The lowest BCUT2D eigenvalue weighted by molar-refractivity contribution is 0.250. The number of ether oxygens (including phenoxy) is 2. The SMILES string of the molecule is COc1ccc(OC)c(CNC(C)CO)c1. The quantitative estimate of drug-likeness (QED) is 0.763. The van der Waals surface area contributed by atoms with Gasteiger partial charge in [-0.25, -0.2) is 0 Å². The van der Waals surface area contributed by atoms with Gasteiger partial charge in [-0.05, 0) is 25.1 Å². The first-order valence-corrected chi connectivity index (χ1v) is 5.26. The van der Waals surface area contributed by atoms with Crippen molar-refractivity contribution in [3.8, 4) is 11.5 Å². The highest BCUT2D eigenvalue weighted by molar-refractivity contribution is 5.40. The maximum atomic E-state index is 8.92. The molecular formula is C12H19NO3. The van der Waals surface area contributed by atoms with Gasteiger partial charge in [-0.15, -0.1) is 0 Å². The van der Waals surface area contributed by atoms with Gasteiger partial charge < -0.3 is 19.9 Å². The summed E-state index contributed by atoms with van der Waals surface area (Å²) in [6.45, 7) is 2.68. The third-order valence-electron chi connectivity index (χ3n) is 2.40. The Bertz CT molecular complexity index is 328. The normalized spacial score (nSPS) is 12.2. The molecule has 0 heterocycles. The van der Waals surface area contributed by atoms with Gasteiger partial charge in [0.15, 0.2) is 0 Å². The fourth-order valence-electron chi connectivity index (χ4n) is 1.37. The first-order valence-electron chi connectivity index (χ1n) is 5.26. The van der Waals surface area contributed by atoms with Gasteiger partial charge >= 0.3 is 0 Å². The molecule has 2 N–H and O–H groups in total. The highest BCUT2D eigenvalue weighted by Crippen LogP contribution is 2.23. The van der Waals surface area contributed by atoms with Gasteiger partial charge in [-0.2, -0.15) is 0 Å². The molecule has 0 aliphatic carbocycles. The Morgan fingerprint density at radius 3 is 2.62 bits per heavy atom. The molecule has 1 aromatic rings. The van der Waals surface area contributed by atoms with Crippen molar-refractivity contribution in [3.63, 3.8) is 0 Å². The Morgan fingerprint density at radius 2 is 2.06 bits per heavy atom. The molecule has 0 aliphatic rings. The topological polar surface area (TPSA) is 50.7 Å². The van der Waals surface area contributed by atoms with E-state index in [1.165, 1.54) is 0 Å². The summed E-state index contributed by atoms with van der Waals surface area (Å²) >= 11 is 0. The Balaban J connectivity index is 2.75. The van der Waals surface area contributed by atoms with Crippen LogP contribution in [-0.2, 0) is 6.54 Å². The van der Waals surface area contributed by atoms with Crippen molar-refractivity contribution in [2.24, 2.45) is 0 Å². The predicted molar refractivity (Wildman–Crippen MR) is 62.9 cm³/mol. The van der Waals surface area contributed by atoms with E-state index < -0.39 is 0 Å². The highest BCUT2D eigenvalue weighted by atomic mass is 16.5. The lowest BCUT2D eigenvalue weighted by Crippen LogP contribution is -2.28. The van der Waals surface area contributed by atoms with Crippen LogP contribution in [0.25, 0.3) is 0 Å². The molecule has 1 rings (SSSR count). The number of hydrogen-bond acceptors (Lipinski definition) is 4. The van der Waals surface area contributed by atoms with E-state index in [9.17, 15) is 0 Å². The minimum atomic E-state index is 0.0657. The Kier molecular flexibility index (Phi) is 5.08. The molecule has 0 amide bonds. The number of benzene rings is 1. The van der Waals surface area contributed by atoms with Crippen molar-refractivity contribution in [1.82, 2.24) is 5.32 Å². The van der Waals surface area contributed by atoms with Crippen molar-refractivity contribution in [3.05, 3.63) is 23.8 Å². The minimum Gasteiger partial charge on any atom is -0.497 e. The smallest absolute Gasteiger partial charge is 0.123 e. The zero-order chi connectivity index (χ0) is 12.0. The van der Waals surface area contributed by atoms with Gasteiger partial charge in [0.1, 0.15) is 11.5 Å². The molecule has 0 saturated carbocycles. The Labute approximate surface area is 96.2 Å². The first kappa shape index (κ1) is 12.8. The van der Waals surface area contributed by atoms with Gasteiger partial charge in [0.2, 0.25) is 0 Å². The second-order valence-electron chi connectivity index (χ2n) is 3.64. The van der Waals surface area contributed by atoms with Gasteiger partial charge in [-0.3, -0.25) is 0 Å². The number of rotatable bonds is 6. The number of aliphatic hydroxyl groups is 1. The van der Waals surface area contributed by atoms with Crippen LogP contribution in [0.3, 0.4) is 0 Å². The highest BCUT2D eigenvalue weighted by Gasteiger charge is 2.06. The van der Waals surface area contributed by atoms with Crippen molar-refractivity contribution >= 4 is 0 Å². The second-order valence-corrected chi connectivity index (χ2v) is 3.64. The molecule has 4 heteroatoms. The number of nitrogens with one attached hydrogen (secondary N) is 1. The minimum absolute atomic E-state index is 0.0657. The summed E-state index contributed by atoms with van der Waals surface area (Å²) in [4.78, 5) is 0. The van der Waals surface area contributed by atoms with E-state index in [4.69, 9.17) is 14.6 Å². The zero-order valence-electron chi connectivity index (χ0n) is 9.99. The summed E-state index contributed by atoms with van der Waals surface area (Å²) in [6.07, 6.45) is 0. The van der Waals surface area contributed by atoms with Gasteiger partial charge in [0, 0.05) is 18.2 Å². The third-order valence-corrected chi connectivity index (χ3v) is 2.40. The molecule has 0 fully saturated rings. The monoisotopic (exact) mass is 225 g/mol. The second kappa shape index (κ2) is 6.35. The van der Waals surface area contributed by atoms with Crippen LogP contribution in [0.4, 0.5) is 0 Å². The van der Waals surface area contributed by atoms with Gasteiger partial charge in [0.25, 0.3) is 0 Å². The van der Waals surface area contributed by atoms with Crippen molar-refractivity contribution in [2.45, 2.75) is 19.5 Å². The fraction of sp³-hybridized carbons (Fsp3) is 0.500. The molecule has 0 radical (unpaired) electrons. The summed E-state index contributed by atoms with van der Waals surface area (Å²) < 4.78 is 10.4. The fourth-order valence-corrected chi connectivity index (χ4v) is 1.37. The summed E-state index contributed by atoms with van der Waals surface area (Å²) in [6, 6.07) is 5.73. The average Bonchev–Trinajstić information content (AvgIpc) is 2.35. The third kappa shape index (κ3) is 3.40. The van der Waals surface area contributed by atoms with Crippen LogP contribution in [-0.4, -0.2) is 32.0 Å². The average molecular weight is 225 g/mol. The van der Waals surface area contributed by atoms with Crippen LogP contribution in [0.5, 0.6) is 11.5 Å². The van der Waals surface area contributed by atoms with Crippen LogP contribution in [0, 0.1) is 0 Å². The lowest BCUT2D eigenvalue weighted by atomic mass is 10.1. The molecule has 0 bridgehead atoms. The van der Waals surface area contributed by atoms with E-state index in [-0.39, 0.29) is 12.6 Å². The molecule has 16 heavy (non-hydrogen) atoms. The van der Waals surface area contributed by atoms with Crippen molar-refractivity contribution < 1.29 is 14.6 Å². The van der Waals surface area contributed by atoms with Crippen molar-refractivity contribution in [1.29, 1.82) is 0 Å². The zero-order valence-corrected chi connectivity index (χ0v) is 9.99. The Morgan fingerprint density at radius 1 is 1.31 bits per heavy atom. The standard InChI is InChI=1S/C12H19NO3/c1-9(8-14)13-7-10-6-11(15-2)4-5-12(10)16-3/h4-6,9,13-14H,7-8H2,1-3H3. The molecule has 0 saturated heterocycles. The molecule has 0 spiro atoms. The van der Waals surface area contributed by atoms with E-state index in [1.54, 1.807) is 14.2 Å². The first-order chi connectivity index (χ1) is 7.71. The number of methoxy groups -OCH3 is 2. The summed E-state index contributed by atoms with van der Waals surface area (Å²) in [5.74, 6) is 1.62. The van der Waals surface area contributed by atoms with E-state index in [2.05, 4.69) is 5.32 Å². The Hall–Kier alpha value is -1.26. The van der Waals surface area contributed by atoms with E-state index in [1.807, 2.05) is 25.1 Å². The summed E-state index contributed by atoms with van der Waals surface area (Å²) in [5.41, 5.74) is 1.02. The van der Waals surface area contributed by atoms with Gasteiger partial charge in [0.05, 0.1) is 20.8 Å². The summed E-state index contributed by atoms with van der Waals surface area (Å²) in [5, 5.41) is 12.1. The van der Waals surface area contributed by atoms with Crippen LogP contribution in [0.15, 0.2) is 18.2 Å². The largest absolute Gasteiger partial charge is 0.497 e. The number of hydrogen-bond donors (Lipinski definition) is 2. The molecule has 1 unspecified atom stereocenters. The molecule has 0 aromatic heterocycles. The van der Waals surface area contributed by atoms with Crippen LogP contribution in [0.1, 0.15) is 12.5 Å². The number of aliphatic hydroxyl groups excluding tert-OH is 1. The van der Waals surface area contributed by atoms with Crippen LogP contribution in [0.2, 0.25) is 0 Å². The van der Waals surface area contributed by atoms with E-state index >= 15 is 0 Å². The van der Waals surface area contributed by atoms with Crippen LogP contribution < -0.4 is 14.8 Å². The van der Waals surface area contributed by atoms with Crippen molar-refractivity contribution in [2.75, 3.05) is 20.8 Å². The maximum absolute atomic E-state index is 8.92. The molecule has 90 valence electrons. The molecule has 0 aliphatic heterocycles. The molecule has 4 nitrogen and oxygen atoms in total. The van der Waals surface area contributed by atoms with Gasteiger partial charge in [-0.1, -0.05) is 0 Å². The van der Waals surface area contributed by atoms with E-state index in [0.29, 0.717) is 6.54 Å². The van der Waals surface area contributed by atoms with Crippen LogP contribution >= 0.6 is 0 Å². The molecule has 1 atom stereocenters. The molecular weight excluding hydrogens is 206 g/mol. The summed E-state index contributed by atoms with van der Waals surface area (Å²) in [7, 11) is 3.27. The lowest BCUT2D eigenvalue weighted by Gasteiger charge is -2.14.